The molecule has 2 rings (SSSR count). The standard InChI is InChI=1S/C11H16N4O/c1-8-9(2)16-11(14-8)6-15-7-13-5-10(15)3-4-12/h5,7H,3-4,6,12H2,1-2H3. The molecule has 0 radical (unpaired) electrons. The first kappa shape index (κ1) is 10.9. The molecule has 0 fully saturated rings. The van der Waals surface area contributed by atoms with Gasteiger partial charge in [0.25, 0.3) is 0 Å². The molecule has 0 saturated carbocycles. The molecule has 2 N–H and O–H groups in total. The highest BCUT2D eigenvalue weighted by molar-refractivity contribution is 5.07. The van der Waals surface area contributed by atoms with Gasteiger partial charge in [-0.1, -0.05) is 0 Å². The van der Waals surface area contributed by atoms with E-state index in [0.29, 0.717) is 19.0 Å². The molecule has 0 atom stereocenters. The summed E-state index contributed by atoms with van der Waals surface area (Å²) in [7, 11) is 0. The SMILES string of the molecule is Cc1nc(Cn2cncc2CCN)oc1C. The van der Waals surface area contributed by atoms with Crippen LogP contribution in [0.15, 0.2) is 16.9 Å². The molecular formula is C11H16N4O. The molecule has 0 amide bonds. The fraction of sp³-hybridized carbons (Fsp3) is 0.455. The van der Waals surface area contributed by atoms with Crippen LogP contribution in [0.3, 0.4) is 0 Å². The second kappa shape index (κ2) is 4.49. The van der Waals surface area contributed by atoms with E-state index in [1.165, 1.54) is 0 Å². The molecule has 0 unspecified atom stereocenters. The normalized spacial score (nSPS) is 10.9. The predicted molar refractivity (Wildman–Crippen MR) is 60.1 cm³/mol. The highest BCUT2D eigenvalue weighted by Gasteiger charge is 2.08. The molecule has 0 spiro atoms. The fourth-order valence-electron chi connectivity index (χ4n) is 1.60. The third kappa shape index (κ3) is 2.14. The molecule has 5 heteroatoms. The van der Waals surface area contributed by atoms with Crippen molar-refractivity contribution in [3.8, 4) is 0 Å². The van der Waals surface area contributed by atoms with Gasteiger partial charge in [0.05, 0.1) is 12.0 Å². The summed E-state index contributed by atoms with van der Waals surface area (Å²) in [5.74, 6) is 1.58. The van der Waals surface area contributed by atoms with Crippen LogP contribution in [-0.4, -0.2) is 21.1 Å². The highest BCUT2D eigenvalue weighted by atomic mass is 16.4. The molecule has 0 saturated heterocycles. The molecule has 0 aliphatic carbocycles. The van der Waals surface area contributed by atoms with Crippen molar-refractivity contribution in [2.24, 2.45) is 5.73 Å². The Kier molecular flexibility index (Phi) is 3.05. The number of imidazole rings is 1. The van der Waals surface area contributed by atoms with Crippen molar-refractivity contribution in [2.45, 2.75) is 26.8 Å². The second-order valence-electron chi connectivity index (χ2n) is 3.80. The molecule has 16 heavy (non-hydrogen) atoms. The van der Waals surface area contributed by atoms with Gasteiger partial charge in [0, 0.05) is 18.3 Å². The Morgan fingerprint density at radius 2 is 2.25 bits per heavy atom. The maximum Gasteiger partial charge on any atom is 0.214 e. The van der Waals surface area contributed by atoms with Gasteiger partial charge in [-0.15, -0.1) is 0 Å². The van der Waals surface area contributed by atoms with Crippen molar-refractivity contribution >= 4 is 0 Å². The molecule has 0 bridgehead atoms. The first-order valence-electron chi connectivity index (χ1n) is 5.32. The van der Waals surface area contributed by atoms with E-state index in [4.69, 9.17) is 10.2 Å². The van der Waals surface area contributed by atoms with Crippen molar-refractivity contribution in [1.82, 2.24) is 14.5 Å². The Bertz CT molecular complexity index is 453. The summed E-state index contributed by atoms with van der Waals surface area (Å²) in [6, 6.07) is 0. The van der Waals surface area contributed by atoms with Crippen molar-refractivity contribution in [2.75, 3.05) is 6.54 Å². The van der Waals surface area contributed by atoms with Gasteiger partial charge in [0.1, 0.15) is 12.3 Å². The third-order valence-electron chi connectivity index (χ3n) is 2.58. The van der Waals surface area contributed by atoms with Gasteiger partial charge >= 0.3 is 0 Å². The summed E-state index contributed by atoms with van der Waals surface area (Å²) < 4.78 is 7.54. The van der Waals surface area contributed by atoms with Crippen LogP contribution >= 0.6 is 0 Å². The number of aromatic nitrogens is 3. The van der Waals surface area contributed by atoms with E-state index in [1.807, 2.05) is 24.6 Å². The van der Waals surface area contributed by atoms with E-state index in [9.17, 15) is 0 Å². The minimum atomic E-state index is 0.615. The molecule has 5 nitrogen and oxygen atoms in total. The average molecular weight is 220 g/mol. The summed E-state index contributed by atoms with van der Waals surface area (Å²) >= 11 is 0. The van der Waals surface area contributed by atoms with Crippen molar-refractivity contribution in [3.05, 3.63) is 35.6 Å². The lowest BCUT2D eigenvalue weighted by Crippen LogP contribution is -2.09. The maximum atomic E-state index is 5.53. The number of rotatable bonds is 4. The van der Waals surface area contributed by atoms with Gasteiger partial charge in [0.15, 0.2) is 0 Å². The van der Waals surface area contributed by atoms with Gasteiger partial charge in [-0.3, -0.25) is 0 Å². The lowest BCUT2D eigenvalue weighted by Gasteiger charge is -2.03. The van der Waals surface area contributed by atoms with Crippen LogP contribution in [-0.2, 0) is 13.0 Å². The summed E-state index contributed by atoms with van der Waals surface area (Å²) in [4.78, 5) is 8.44. The number of hydrogen-bond acceptors (Lipinski definition) is 4. The molecule has 2 heterocycles. The fourth-order valence-corrected chi connectivity index (χ4v) is 1.60. The number of aryl methyl sites for hydroxylation is 2. The van der Waals surface area contributed by atoms with Gasteiger partial charge in [-0.2, -0.15) is 0 Å². The molecule has 0 aromatic carbocycles. The monoisotopic (exact) mass is 220 g/mol. The first-order chi connectivity index (χ1) is 7.70. The summed E-state index contributed by atoms with van der Waals surface area (Å²) in [6.45, 7) is 5.09. The largest absolute Gasteiger partial charge is 0.444 e. The Morgan fingerprint density at radius 1 is 1.44 bits per heavy atom. The zero-order chi connectivity index (χ0) is 11.5. The Balaban J connectivity index is 2.16. The zero-order valence-electron chi connectivity index (χ0n) is 9.60. The van der Waals surface area contributed by atoms with E-state index in [1.54, 1.807) is 6.33 Å². The Hall–Kier alpha value is -1.62. The summed E-state index contributed by atoms with van der Waals surface area (Å²) in [6.07, 6.45) is 4.42. The number of oxazole rings is 1. The topological polar surface area (TPSA) is 69.9 Å². The molecule has 0 aliphatic heterocycles. The van der Waals surface area contributed by atoms with Crippen molar-refractivity contribution in [3.63, 3.8) is 0 Å². The first-order valence-corrected chi connectivity index (χ1v) is 5.32. The smallest absolute Gasteiger partial charge is 0.214 e. The lowest BCUT2D eigenvalue weighted by molar-refractivity contribution is 0.453. The van der Waals surface area contributed by atoms with Crippen LogP contribution in [0.25, 0.3) is 0 Å². The van der Waals surface area contributed by atoms with Crippen LogP contribution in [0.4, 0.5) is 0 Å². The Morgan fingerprint density at radius 3 is 2.88 bits per heavy atom. The van der Waals surface area contributed by atoms with Gasteiger partial charge in [-0.25, -0.2) is 9.97 Å². The number of hydrogen-bond donors (Lipinski definition) is 1. The minimum Gasteiger partial charge on any atom is -0.444 e. The van der Waals surface area contributed by atoms with Gasteiger partial charge in [0.2, 0.25) is 5.89 Å². The van der Waals surface area contributed by atoms with E-state index in [0.717, 1.165) is 23.6 Å². The van der Waals surface area contributed by atoms with Crippen molar-refractivity contribution in [1.29, 1.82) is 0 Å². The van der Waals surface area contributed by atoms with Gasteiger partial charge < -0.3 is 14.7 Å². The zero-order valence-corrected chi connectivity index (χ0v) is 9.60. The van der Waals surface area contributed by atoms with Crippen LogP contribution in [0.5, 0.6) is 0 Å². The average Bonchev–Trinajstić information content (AvgIpc) is 2.77. The van der Waals surface area contributed by atoms with Crippen molar-refractivity contribution < 1.29 is 4.42 Å². The van der Waals surface area contributed by atoms with Crippen LogP contribution in [0.1, 0.15) is 23.0 Å². The minimum absolute atomic E-state index is 0.615. The van der Waals surface area contributed by atoms with E-state index < -0.39 is 0 Å². The van der Waals surface area contributed by atoms with Gasteiger partial charge in [-0.05, 0) is 20.4 Å². The molecule has 0 aliphatic rings. The van der Waals surface area contributed by atoms with E-state index >= 15 is 0 Å². The maximum absolute atomic E-state index is 5.53. The van der Waals surface area contributed by atoms with E-state index in [2.05, 4.69) is 9.97 Å². The quantitative estimate of drug-likeness (QED) is 0.835. The van der Waals surface area contributed by atoms with Crippen LogP contribution in [0, 0.1) is 13.8 Å². The van der Waals surface area contributed by atoms with Crippen LogP contribution < -0.4 is 5.73 Å². The molecule has 2 aromatic rings. The van der Waals surface area contributed by atoms with Crippen LogP contribution in [0.2, 0.25) is 0 Å². The molecule has 86 valence electrons. The Labute approximate surface area is 94.3 Å². The van der Waals surface area contributed by atoms with E-state index in [-0.39, 0.29) is 0 Å². The summed E-state index contributed by atoms with van der Waals surface area (Å²) in [5, 5.41) is 0. The summed E-state index contributed by atoms with van der Waals surface area (Å²) in [5.41, 5.74) is 7.58. The molecular weight excluding hydrogens is 204 g/mol. The molecule has 2 aromatic heterocycles. The number of nitrogens with two attached hydrogens (primary N) is 1. The lowest BCUT2D eigenvalue weighted by atomic mass is 10.3. The highest BCUT2D eigenvalue weighted by Crippen LogP contribution is 2.11. The number of nitrogens with zero attached hydrogens (tertiary/aromatic N) is 3. The third-order valence-corrected chi connectivity index (χ3v) is 2.58. The second-order valence-corrected chi connectivity index (χ2v) is 3.80. The predicted octanol–water partition coefficient (Wildman–Crippen LogP) is 1.04.